The quantitative estimate of drug-likeness (QED) is 0.823. The molecule has 1 aromatic rings. The van der Waals surface area contributed by atoms with Gasteiger partial charge < -0.3 is 5.11 Å². The van der Waals surface area contributed by atoms with Crippen LogP contribution in [0.1, 0.15) is 25.8 Å². The lowest BCUT2D eigenvalue weighted by Crippen LogP contribution is -2.48. The smallest absolute Gasteiger partial charge is 0.0615 e. The maximum atomic E-state index is 9.88. The molecule has 0 bridgehead atoms. The Balaban J connectivity index is 1.97. The van der Waals surface area contributed by atoms with Crippen molar-refractivity contribution in [2.45, 2.75) is 32.9 Å². The molecule has 0 aliphatic carbocycles. The predicted octanol–water partition coefficient (Wildman–Crippen LogP) is 1.67. The highest BCUT2D eigenvalue weighted by molar-refractivity contribution is 5.09. The number of aromatic nitrogens is 1. The van der Waals surface area contributed by atoms with Gasteiger partial charge in [-0.2, -0.15) is 0 Å². The minimum atomic E-state index is -0.166. The largest absolute Gasteiger partial charge is 0.392 e. The number of nitrogens with zero attached hydrogens (tertiary/aromatic N) is 2. The molecule has 1 N–H and O–H groups in total. The van der Waals surface area contributed by atoms with Crippen LogP contribution in [0.3, 0.4) is 0 Å². The molecule has 1 saturated heterocycles. The van der Waals surface area contributed by atoms with Crippen LogP contribution in [0.5, 0.6) is 0 Å². The molecule has 0 radical (unpaired) electrons. The van der Waals surface area contributed by atoms with Crippen LogP contribution in [0, 0.1) is 5.41 Å². The van der Waals surface area contributed by atoms with E-state index >= 15 is 0 Å². The molecule has 0 saturated carbocycles. The van der Waals surface area contributed by atoms with Crippen LogP contribution in [0.4, 0.5) is 0 Å². The second kappa shape index (κ2) is 4.52. The zero-order valence-electron chi connectivity index (χ0n) is 10.1. The lowest BCUT2D eigenvalue weighted by atomic mass is 9.81. The molecule has 2 rings (SSSR count). The van der Waals surface area contributed by atoms with E-state index < -0.39 is 0 Å². The summed E-state index contributed by atoms with van der Waals surface area (Å²) >= 11 is 0. The molecule has 1 aromatic heterocycles. The molecule has 3 nitrogen and oxygen atoms in total. The van der Waals surface area contributed by atoms with Crippen molar-refractivity contribution in [2.24, 2.45) is 5.41 Å². The normalized spacial score (nSPS) is 25.6. The maximum absolute atomic E-state index is 9.88. The van der Waals surface area contributed by atoms with E-state index in [0.29, 0.717) is 0 Å². The van der Waals surface area contributed by atoms with E-state index in [9.17, 15) is 5.11 Å². The summed E-state index contributed by atoms with van der Waals surface area (Å²) in [6.45, 7) is 7.16. The zero-order chi connectivity index (χ0) is 11.6. The topological polar surface area (TPSA) is 36.4 Å². The minimum absolute atomic E-state index is 0.00524. The van der Waals surface area contributed by atoms with Crippen LogP contribution in [-0.4, -0.2) is 34.2 Å². The summed E-state index contributed by atoms with van der Waals surface area (Å²) < 4.78 is 0. The van der Waals surface area contributed by atoms with Gasteiger partial charge in [-0.1, -0.05) is 13.8 Å². The summed E-state index contributed by atoms with van der Waals surface area (Å²) in [5.74, 6) is 0. The van der Waals surface area contributed by atoms with E-state index in [-0.39, 0.29) is 11.5 Å². The monoisotopic (exact) mass is 220 g/mol. The number of hydrogen-bond donors (Lipinski definition) is 1. The Morgan fingerprint density at radius 1 is 1.44 bits per heavy atom. The average molecular weight is 220 g/mol. The third-order valence-corrected chi connectivity index (χ3v) is 3.41. The first-order valence-corrected chi connectivity index (χ1v) is 5.87. The first-order chi connectivity index (χ1) is 7.58. The maximum Gasteiger partial charge on any atom is 0.0615 e. The van der Waals surface area contributed by atoms with Crippen LogP contribution >= 0.6 is 0 Å². The molecule has 1 fully saturated rings. The minimum Gasteiger partial charge on any atom is -0.392 e. The average Bonchev–Trinajstić information content (AvgIpc) is 2.25. The van der Waals surface area contributed by atoms with E-state index in [1.807, 2.05) is 12.4 Å². The van der Waals surface area contributed by atoms with Gasteiger partial charge >= 0.3 is 0 Å². The fourth-order valence-corrected chi connectivity index (χ4v) is 2.34. The number of likely N-dealkylation sites (tertiary alicyclic amines) is 1. The van der Waals surface area contributed by atoms with Gasteiger partial charge in [-0.05, 0) is 24.1 Å². The molecule has 1 aliphatic rings. The SMILES string of the molecule is CC1(C)CN(Cc2ccncc2)CCC1O. The third kappa shape index (κ3) is 2.60. The van der Waals surface area contributed by atoms with Crippen LogP contribution in [0.25, 0.3) is 0 Å². The second-order valence-electron chi connectivity index (χ2n) is 5.36. The number of hydrogen-bond acceptors (Lipinski definition) is 3. The summed E-state index contributed by atoms with van der Waals surface area (Å²) in [5, 5.41) is 9.88. The van der Waals surface area contributed by atoms with Crippen LogP contribution in [-0.2, 0) is 6.54 Å². The van der Waals surface area contributed by atoms with Gasteiger partial charge in [-0.3, -0.25) is 9.88 Å². The van der Waals surface area contributed by atoms with Gasteiger partial charge in [0.1, 0.15) is 0 Å². The van der Waals surface area contributed by atoms with E-state index in [1.165, 1.54) is 5.56 Å². The van der Waals surface area contributed by atoms with Crippen molar-refractivity contribution in [2.75, 3.05) is 13.1 Å². The Morgan fingerprint density at radius 2 is 2.12 bits per heavy atom. The second-order valence-corrected chi connectivity index (χ2v) is 5.36. The molecule has 0 spiro atoms. The van der Waals surface area contributed by atoms with Gasteiger partial charge in [-0.15, -0.1) is 0 Å². The number of piperidine rings is 1. The molecule has 3 heteroatoms. The van der Waals surface area contributed by atoms with Gasteiger partial charge in [0.15, 0.2) is 0 Å². The summed E-state index contributed by atoms with van der Waals surface area (Å²) in [7, 11) is 0. The molecule has 16 heavy (non-hydrogen) atoms. The third-order valence-electron chi connectivity index (χ3n) is 3.41. The van der Waals surface area contributed by atoms with E-state index in [0.717, 1.165) is 26.1 Å². The van der Waals surface area contributed by atoms with Crippen LogP contribution < -0.4 is 0 Å². The van der Waals surface area contributed by atoms with Crippen LogP contribution in [0.2, 0.25) is 0 Å². The van der Waals surface area contributed by atoms with Gasteiger partial charge in [0.2, 0.25) is 0 Å². The first kappa shape index (κ1) is 11.6. The number of rotatable bonds is 2. The molecule has 1 unspecified atom stereocenters. The summed E-state index contributed by atoms with van der Waals surface area (Å²) in [6.07, 6.45) is 4.37. The molecule has 0 amide bonds. The van der Waals surface area contributed by atoms with Crippen LogP contribution in [0.15, 0.2) is 24.5 Å². The summed E-state index contributed by atoms with van der Waals surface area (Å²) in [5.41, 5.74) is 1.30. The molecule has 1 aliphatic heterocycles. The van der Waals surface area contributed by atoms with Gasteiger partial charge in [-0.25, -0.2) is 0 Å². The molecule has 88 valence electrons. The van der Waals surface area contributed by atoms with E-state index in [4.69, 9.17) is 0 Å². The van der Waals surface area contributed by atoms with Crippen molar-refractivity contribution in [3.05, 3.63) is 30.1 Å². The Kier molecular flexibility index (Phi) is 3.26. The summed E-state index contributed by atoms with van der Waals surface area (Å²) in [6, 6.07) is 4.11. The highest BCUT2D eigenvalue weighted by Gasteiger charge is 2.34. The van der Waals surface area contributed by atoms with Crippen molar-refractivity contribution >= 4 is 0 Å². The highest BCUT2D eigenvalue weighted by Crippen LogP contribution is 2.29. The Labute approximate surface area is 97.1 Å². The fraction of sp³-hybridized carbons (Fsp3) is 0.615. The van der Waals surface area contributed by atoms with Crippen molar-refractivity contribution in [1.29, 1.82) is 0 Å². The Hall–Kier alpha value is -0.930. The number of aliphatic hydroxyl groups is 1. The summed E-state index contributed by atoms with van der Waals surface area (Å²) in [4.78, 5) is 6.43. The number of pyridine rings is 1. The van der Waals surface area contributed by atoms with Crippen molar-refractivity contribution in [1.82, 2.24) is 9.88 Å². The Bertz CT molecular complexity index is 337. The first-order valence-electron chi connectivity index (χ1n) is 5.87. The van der Waals surface area contributed by atoms with E-state index in [2.05, 4.69) is 35.9 Å². The van der Waals surface area contributed by atoms with Gasteiger partial charge in [0, 0.05) is 37.4 Å². The molecular weight excluding hydrogens is 200 g/mol. The molecule has 0 aromatic carbocycles. The Morgan fingerprint density at radius 3 is 2.75 bits per heavy atom. The van der Waals surface area contributed by atoms with Gasteiger partial charge in [0.25, 0.3) is 0 Å². The molecular formula is C13H20N2O. The fourth-order valence-electron chi connectivity index (χ4n) is 2.34. The van der Waals surface area contributed by atoms with E-state index in [1.54, 1.807) is 0 Å². The molecule has 1 atom stereocenters. The van der Waals surface area contributed by atoms with Crippen molar-refractivity contribution < 1.29 is 5.11 Å². The number of aliphatic hydroxyl groups excluding tert-OH is 1. The molecule has 2 heterocycles. The highest BCUT2D eigenvalue weighted by atomic mass is 16.3. The van der Waals surface area contributed by atoms with Gasteiger partial charge in [0.05, 0.1) is 6.10 Å². The van der Waals surface area contributed by atoms with Crippen molar-refractivity contribution in [3.63, 3.8) is 0 Å². The lowest BCUT2D eigenvalue weighted by Gasteiger charge is -2.41. The van der Waals surface area contributed by atoms with Crippen molar-refractivity contribution in [3.8, 4) is 0 Å². The predicted molar refractivity (Wildman–Crippen MR) is 63.9 cm³/mol. The lowest BCUT2D eigenvalue weighted by molar-refractivity contribution is -0.0270. The zero-order valence-corrected chi connectivity index (χ0v) is 10.1. The standard InChI is InChI=1S/C13H20N2O/c1-13(2)10-15(8-5-12(13)16)9-11-3-6-14-7-4-11/h3-4,6-7,12,16H,5,8-10H2,1-2H3.